The molecule has 0 aliphatic carbocycles. The number of ether oxygens (including phenoxy) is 1. The summed E-state index contributed by atoms with van der Waals surface area (Å²) < 4.78 is 19.2. The number of halogens is 2. The molecule has 0 saturated carbocycles. The van der Waals surface area contributed by atoms with Crippen LogP contribution in [0.5, 0.6) is 5.75 Å². The highest BCUT2D eigenvalue weighted by molar-refractivity contribution is 6.51. The van der Waals surface area contributed by atoms with Crippen molar-refractivity contribution in [3.63, 3.8) is 0 Å². The highest BCUT2D eigenvalue weighted by Gasteiger charge is 2.47. The summed E-state index contributed by atoms with van der Waals surface area (Å²) in [7, 11) is 1.56. The van der Waals surface area contributed by atoms with E-state index in [4.69, 9.17) is 16.3 Å². The van der Waals surface area contributed by atoms with Crippen LogP contribution in [0.1, 0.15) is 42.5 Å². The molecule has 1 aromatic heterocycles. The molecule has 1 amide bonds. The zero-order valence-corrected chi connectivity index (χ0v) is 19.5. The van der Waals surface area contributed by atoms with Gasteiger partial charge in [-0.3, -0.25) is 19.5 Å². The van der Waals surface area contributed by atoms with E-state index in [9.17, 15) is 19.1 Å². The molecular weight excluding hydrogens is 459 g/mol. The number of anilines is 1. The van der Waals surface area contributed by atoms with Gasteiger partial charge >= 0.3 is 0 Å². The van der Waals surface area contributed by atoms with Gasteiger partial charge in [-0.15, -0.1) is 0 Å². The molecule has 2 heterocycles. The van der Waals surface area contributed by atoms with Gasteiger partial charge in [-0.2, -0.15) is 0 Å². The fourth-order valence-corrected chi connectivity index (χ4v) is 4.26. The number of amides is 1. The second-order valence-electron chi connectivity index (χ2n) is 8.16. The number of methoxy groups -OCH3 is 1. The van der Waals surface area contributed by atoms with Crippen molar-refractivity contribution in [3.05, 3.63) is 94.0 Å². The minimum Gasteiger partial charge on any atom is -0.507 e. The number of carbonyl (C=O) groups excluding carboxylic acids is 2. The molecule has 8 heteroatoms. The molecule has 1 saturated heterocycles. The van der Waals surface area contributed by atoms with Crippen LogP contribution in [0.2, 0.25) is 5.02 Å². The number of ketones is 1. The molecule has 174 valence electrons. The van der Waals surface area contributed by atoms with Crippen LogP contribution in [0.15, 0.2) is 66.5 Å². The van der Waals surface area contributed by atoms with Crippen molar-refractivity contribution in [1.82, 2.24) is 4.98 Å². The summed E-state index contributed by atoms with van der Waals surface area (Å²) in [6, 6.07) is 11.2. The third-order valence-electron chi connectivity index (χ3n) is 5.77. The van der Waals surface area contributed by atoms with E-state index in [1.807, 2.05) is 13.8 Å². The van der Waals surface area contributed by atoms with Crippen LogP contribution in [-0.2, 0) is 9.59 Å². The Hall–Kier alpha value is -3.71. The normalized spacial score (nSPS) is 17.5. The number of carbonyl (C=O) groups is 2. The molecule has 1 unspecified atom stereocenters. The maximum absolute atomic E-state index is 13.8. The van der Waals surface area contributed by atoms with E-state index in [0.717, 1.165) is 11.6 Å². The standard InChI is InChI=1S/C26H22ClFN2O4/c1-14(2)18-12-16(4-7-21(18)34-3)24(31)22-23(15-8-10-29-11-9-15)30(26(33)25(22)32)17-5-6-20(28)19(27)13-17/h4-14,23,31H,1-3H3/b24-22-. The van der Waals surface area contributed by atoms with E-state index in [2.05, 4.69) is 4.98 Å². The van der Waals surface area contributed by atoms with Gasteiger partial charge in [0.25, 0.3) is 11.7 Å². The summed E-state index contributed by atoms with van der Waals surface area (Å²) in [5.74, 6) is -1.95. The number of nitrogens with zero attached hydrogens (tertiary/aromatic N) is 2. The third-order valence-corrected chi connectivity index (χ3v) is 6.06. The molecule has 1 fully saturated rings. The van der Waals surface area contributed by atoms with Crippen LogP contribution >= 0.6 is 11.6 Å². The first-order valence-corrected chi connectivity index (χ1v) is 11.0. The Labute approximate surface area is 201 Å². The Balaban J connectivity index is 1.94. The summed E-state index contributed by atoms with van der Waals surface area (Å²) in [5, 5.41) is 11.1. The molecule has 3 aromatic rings. The van der Waals surface area contributed by atoms with Gasteiger partial charge < -0.3 is 9.84 Å². The second kappa shape index (κ2) is 9.27. The number of Topliss-reactive ketones (excluding diaryl/α,β-unsaturated/α-hetero) is 1. The smallest absolute Gasteiger partial charge is 0.300 e. The minimum absolute atomic E-state index is 0.0856. The van der Waals surface area contributed by atoms with E-state index in [0.29, 0.717) is 16.9 Å². The lowest BCUT2D eigenvalue weighted by Gasteiger charge is -2.25. The first-order valence-electron chi connectivity index (χ1n) is 10.6. The molecule has 0 radical (unpaired) electrons. The van der Waals surface area contributed by atoms with Crippen molar-refractivity contribution in [2.45, 2.75) is 25.8 Å². The van der Waals surface area contributed by atoms with Crippen molar-refractivity contribution < 1.29 is 23.8 Å². The molecule has 0 spiro atoms. The Bertz CT molecular complexity index is 1310. The maximum atomic E-state index is 13.8. The van der Waals surface area contributed by atoms with Gasteiger partial charge in [0.05, 0.1) is 23.7 Å². The summed E-state index contributed by atoms with van der Waals surface area (Å²) >= 11 is 5.96. The summed E-state index contributed by atoms with van der Waals surface area (Å²) in [5.41, 5.74) is 1.91. The monoisotopic (exact) mass is 480 g/mol. The topological polar surface area (TPSA) is 79.7 Å². The van der Waals surface area contributed by atoms with Crippen molar-refractivity contribution in [1.29, 1.82) is 0 Å². The van der Waals surface area contributed by atoms with Gasteiger partial charge in [-0.25, -0.2) is 4.39 Å². The largest absolute Gasteiger partial charge is 0.507 e. The molecule has 2 aromatic carbocycles. The minimum atomic E-state index is -0.964. The molecule has 1 aliphatic rings. The summed E-state index contributed by atoms with van der Waals surface area (Å²) in [6.07, 6.45) is 3.05. The Kier molecular flexibility index (Phi) is 6.39. The number of aromatic nitrogens is 1. The van der Waals surface area contributed by atoms with Gasteiger partial charge in [0.2, 0.25) is 0 Å². The predicted molar refractivity (Wildman–Crippen MR) is 128 cm³/mol. The van der Waals surface area contributed by atoms with E-state index in [1.54, 1.807) is 37.4 Å². The fraction of sp³-hybridized carbons (Fsp3) is 0.192. The number of aliphatic hydroxyl groups excluding tert-OH is 1. The maximum Gasteiger partial charge on any atom is 0.300 e. The molecule has 6 nitrogen and oxygen atoms in total. The second-order valence-corrected chi connectivity index (χ2v) is 8.57. The van der Waals surface area contributed by atoms with Crippen molar-refractivity contribution >= 4 is 34.7 Å². The highest BCUT2D eigenvalue weighted by Crippen LogP contribution is 2.43. The third kappa shape index (κ3) is 4.03. The van der Waals surface area contributed by atoms with Crippen molar-refractivity contribution in [3.8, 4) is 5.75 Å². The quantitative estimate of drug-likeness (QED) is 0.291. The van der Waals surface area contributed by atoms with E-state index < -0.39 is 23.5 Å². The molecule has 4 rings (SSSR count). The van der Waals surface area contributed by atoms with Crippen LogP contribution in [0.4, 0.5) is 10.1 Å². The number of benzene rings is 2. The van der Waals surface area contributed by atoms with E-state index in [-0.39, 0.29) is 28.0 Å². The first kappa shape index (κ1) is 23.4. The number of rotatable bonds is 5. The Morgan fingerprint density at radius 2 is 1.82 bits per heavy atom. The predicted octanol–water partition coefficient (Wildman–Crippen LogP) is 5.63. The van der Waals surface area contributed by atoms with Crippen LogP contribution in [0.25, 0.3) is 5.76 Å². The van der Waals surface area contributed by atoms with Gasteiger partial charge in [0, 0.05) is 23.6 Å². The van der Waals surface area contributed by atoms with Gasteiger partial charge in [-0.05, 0) is 65.6 Å². The number of pyridine rings is 1. The Morgan fingerprint density at radius 3 is 2.44 bits per heavy atom. The Morgan fingerprint density at radius 1 is 1.12 bits per heavy atom. The highest BCUT2D eigenvalue weighted by atomic mass is 35.5. The first-order chi connectivity index (χ1) is 16.2. The number of hydrogen-bond donors (Lipinski definition) is 1. The van der Waals surface area contributed by atoms with Crippen LogP contribution in [-0.4, -0.2) is 28.9 Å². The molecule has 34 heavy (non-hydrogen) atoms. The van der Waals surface area contributed by atoms with Gasteiger partial charge in [-0.1, -0.05) is 25.4 Å². The average molecular weight is 481 g/mol. The summed E-state index contributed by atoms with van der Waals surface area (Å²) in [4.78, 5) is 31.6. The number of aliphatic hydroxyl groups is 1. The van der Waals surface area contributed by atoms with Crippen molar-refractivity contribution in [2.24, 2.45) is 0 Å². The van der Waals surface area contributed by atoms with Crippen LogP contribution in [0, 0.1) is 5.82 Å². The average Bonchev–Trinajstić information content (AvgIpc) is 3.11. The van der Waals surface area contributed by atoms with Gasteiger partial charge in [0.15, 0.2) is 0 Å². The van der Waals surface area contributed by atoms with E-state index >= 15 is 0 Å². The van der Waals surface area contributed by atoms with Gasteiger partial charge in [0.1, 0.15) is 17.3 Å². The van der Waals surface area contributed by atoms with Crippen molar-refractivity contribution in [2.75, 3.05) is 12.0 Å². The molecular formula is C26H22ClFN2O4. The molecule has 1 aliphatic heterocycles. The zero-order chi connectivity index (χ0) is 24.6. The number of hydrogen-bond acceptors (Lipinski definition) is 5. The fourth-order valence-electron chi connectivity index (χ4n) is 4.08. The lowest BCUT2D eigenvalue weighted by atomic mass is 9.93. The lowest BCUT2D eigenvalue weighted by molar-refractivity contribution is -0.132. The van der Waals surface area contributed by atoms with Crippen LogP contribution in [0.3, 0.4) is 0 Å². The summed E-state index contributed by atoms with van der Waals surface area (Å²) in [6.45, 7) is 3.96. The van der Waals surface area contributed by atoms with Crippen LogP contribution < -0.4 is 9.64 Å². The molecule has 1 atom stereocenters. The molecule has 0 bridgehead atoms. The molecule has 1 N–H and O–H groups in total. The van der Waals surface area contributed by atoms with E-state index in [1.165, 1.54) is 29.4 Å². The lowest BCUT2D eigenvalue weighted by Crippen LogP contribution is -2.29. The zero-order valence-electron chi connectivity index (χ0n) is 18.8. The SMILES string of the molecule is COc1ccc(/C(O)=C2/C(=O)C(=O)N(c3ccc(F)c(Cl)c3)C2c2ccncc2)cc1C(C)C.